The van der Waals surface area contributed by atoms with Gasteiger partial charge in [0.2, 0.25) is 11.8 Å². The Morgan fingerprint density at radius 1 is 1.06 bits per heavy atom. The zero-order chi connectivity index (χ0) is 25.9. The molecule has 3 N–H and O–H groups in total. The Balaban J connectivity index is 1.83. The number of nitrogens with two attached hydrogens (primary N) is 1. The summed E-state index contributed by atoms with van der Waals surface area (Å²) in [6.07, 6.45) is 0. The van der Waals surface area contributed by atoms with Crippen LogP contribution in [0.15, 0.2) is 40.8 Å². The minimum atomic E-state index is -1.35. The minimum Gasteiger partial charge on any atom is -0.478 e. The average molecular weight is 480 g/mol. The van der Waals surface area contributed by atoms with Crippen molar-refractivity contribution in [1.82, 2.24) is 9.88 Å². The highest BCUT2D eigenvalue weighted by atomic mass is 16.5. The third-order valence-corrected chi connectivity index (χ3v) is 5.74. The lowest BCUT2D eigenvalue weighted by Gasteiger charge is -2.25. The van der Waals surface area contributed by atoms with E-state index in [1.807, 2.05) is 69.0 Å². The minimum absolute atomic E-state index is 0.0502. The molecule has 0 aliphatic heterocycles. The number of aryl methyl sites for hydroxylation is 4. The zero-order valence-corrected chi connectivity index (χ0v) is 21.1. The normalized spacial score (nSPS) is 11.6. The summed E-state index contributed by atoms with van der Waals surface area (Å²) < 4.78 is 11.7. The summed E-state index contributed by atoms with van der Waals surface area (Å²) in [6.45, 7) is 11.5. The van der Waals surface area contributed by atoms with E-state index in [1.54, 1.807) is 0 Å². The van der Waals surface area contributed by atoms with Gasteiger partial charge in [0.05, 0.1) is 12.2 Å². The Hall–Kier alpha value is -3.65. The lowest BCUT2D eigenvalue weighted by molar-refractivity contribution is -0.152. The number of rotatable bonds is 10. The Kier molecular flexibility index (Phi) is 7.65. The van der Waals surface area contributed by atoms with Crippen LogP contribution in [0, 0.1) is 27.7 Å². The molecule has 0 spiro atoms. The molecular formula is C27H33N3O5. The number of oxazole rings is 1. The van der Waals surface area contributed by atoms with E-state index in [0.29, 0.717) is 30.5 Å². The first-order chi connectivity index (χ1) is 16.4. The molecule has 35 heavy (non-hydrogen) atoms. The van der Waals surface area contributed by atoms with E-state index in [4.69, 9.17) is 14.9 Å². The number of hydrogen-bond acceptors (Lipinski definition) is 6. The van der Waals surface area contributed by atoms with Crippen LogP contribution >= 0.6 is 0 Å². The third-order valence-electron chi connectivity index (χ3n) is 5.74. The van der Waals surface area contributed by atoms with Crippen LogP contribution in [0.2, 0.25) is 0 Å². The van der Waals surface area contributed by atoms with E-state index in [2.05, 4.69) is 4.98 Å². The molecule has 0 saturated carbocycles. The third kappa shape index (κ3) is 6.48. The topological polar surface area (TPSA) is 119 Å². The second-order valence-electron chi connectivity index (χ2n) is 9.48. The van der Waals surface area contributed by atoms with Crippen LogP contribution in [-0.2, 0) is 22.7 Å². The summed E-state index contributed by atoms with van der Waals surface area (Å²) in [5.74, 6) is 0.271. The summed E-state index contributed by atoms with van der Waals surface area (Å²) in [6, 6.07) is 11.8. The predicted octanol–water partition coefficient (Wildman–Crippen LogP) is 4.30. The Labute approximate surface area is 205 Å². The highest BCUT2D eigenvalue weighted by Gasteiger charge is 2.30. The maximum atomic E-state index is 11.8. The number of carboxylic acid groups (broad SMARTS) is 1. The molecule has 0 fully saturated rings. The van der Waals surface area contributed by atoms with Crippen molar-refractivity contribution in [1.29, 1.82) is 0 Å². The number of amides is 1. The molecule has 8 heteroatoms. The number of hydrogen-bond donors (Lipinski definition) is 2. The number of benzene rings is 2. The molecule has 0 unspecified atom stereocenters. The molecule has 0 radical (unpaired) electrons. The molecule has 3 aromatic rings. The fraction of sp³-hybridized carbons (Fsp3) is 0.370. The van der Waals surface area contributed by atoms with Gasteiger partial charge in [-0.05, 0) is 70.4 Å². The molecule has 0 atom stereocenters. The van der Waals surface area contributed by atoms with Crippen molar-refractivity contribution < 1.29 is 23.8 Å². The van der Waals surface area contributed by atoms with E-state index in [9.17, 15) is 14.7 Å². The SMILES string of the molecule is Cc1ccc(-c2nc(CN(CC(N)=O)Cc3cc(C)c(OC(C)(C)C(=O)O)c(C)c3)c(C)o2)cc1. The molecule has 1 amide bonds. The lowest BCUT2D eigenvalue weighted by Crippen LogP contribution is -2.38. The Bertz CT molecular complexity index is 1210. The molecule has 0 saturated heterocycles. The van der Waals surface area contributed by atoms with Crippen molar-refractivity contribution in [2.24, 2.45) is 5.73 Å². The summed E-state index contributed by atoms with van der Waals surface area (Å²) in [4.78, 5) is 29.9. The van der Waals surface area contributed by atoms with E-state index in [1.165, 1.54) is 13.8 Å². The van der Waals surface area contributed by atoms with E-state index in [-0.39, 0.29) is 6.54 Å². The van der Waals surface area contributed by atoms with Crippen molar-refractivity contribution in [2.75, 3.05) is 6.54 Å². The molecule has 1 heterocycles. The predicted molar refractivity (Wildman–Crippen MR) is 133 cm³/mol. The van der Waals surface area contributed by atoms with Crippen LogP contribution in [0.3, 0.4) is 0 Å². The number of aliphatic carboxylic acids is 1. The van der Waals surface area contributed by atoms with Gasteiger partial charge in [-0.3, -0.25) is 9.69 Å². The van der Waals surface area contributed by atoms with Gasteiger partial charge >= 0.3 is 5.97 Å². The van der Waals surface area contributed by atoms with Crippen LogP contribution in [0.25, 0.3) is 11.5 Å². The van der Waals surface area contributed by atoms with Gasteiger partial charge in [-0.1, -0.05) is 29.8 Å². The summed E-state index contributed by atoms with van der Waals surface area (Å²) in [5, 5.41) is 9.40. The molecule has 0 bridgehead atoms. The largest absolute Gasteiger partial charge is 0.478 e. The van der Waals surface area contributed by atoms with Gasteiger partial charge in [0, 0.05) is 18.7 Å². The summed E-state index contributed by atoms with van der Waals surface area (Å²) in [7, 11) is 0. The van der Waals surface area contributed by atoms with Crippen LogP contribution in [0.4, 0.5) is 0 Å². The van der Waals surface area contributed by atoms with Crippen LogP contribution in [0.5, 0.6) is 5.75 Å². The van der Waals surface area contributed by atoms with Gasteiger partial charge < -0.3 is 20.0 Å². The molecule has 186 valence electrons. The second kappa shape index (κ2) is 10.3. The van der Waals surface area contributed by atoms with Gasteiger partial charge in [0.1, 0.15) is 11.5 Å². The van der Waals surface area contributed by atoms with Crippen molar-refractivity contribution >= 4 is 11.9 Å². The first-order valence-corrected chi connectivity index (χ1v) is 11.4. The number of carbonyl (C=O) groups is 2. The van der Waals surface area contributed by atoms with Crippen LogP contribution in [-0.4, -0.2) is 39.0 Å². The van der Waals surface area contributed by atoms with Gasteiger partial charge in [0.15, 0.2) is 5.60 Å². The lowest BCUT2D eigenvalue weighted by atomic mass is 10.0. The van der Waals surface area contributed by atoms with Crippen LogP contribution in [0.1, 0.15) is 47.6 Å². The maximum absolute atomic E-state index is 11.8. The first kappa shape index (κ1) is 26.0. The number of carbonyl (C=O) groups excluding carboxylic acids is 1. The van der Waals surface area contributed by atoms with Crippen LogP contribution < -0.4 is 10.5 Å². The molecule has 0 aliphatic carbocycles. The molecular weight excluding hydrogens is 446 g/mol. The van der Waals surface area contributed by atoms with Crippen molar-refractivity contribution in [3.63, 3.8) is 0 Å². The Morgan fingerprint density at radius 2 is 1.66 bits per heavy atom. The molecule has 1 aromatic heterocycles. The molecule has 0 aliphatic rings. The van der Waals surface area contributed by atoms with E-state index >= 15 is 0 Å². The van der Waals surface area contributed by atoms with Gasteiger partial charge in [0.25, 0.3) is 0 Å². The highest BCUT2D eigenvalue weighted by molar-refractivity contribution is 5.77. The molecule has 8 nitrogen and oxygen atoms in total. The smallest absolute Gasteiger partial charge is 0.347 e. The molecule has 3 rings (SSSR count). The highest BCUT2D eigenvalue weighted by Crippen LogP contribution is 2.30. The Morgan fingerprint density at radius 3 is 2.20 bits per heavy atom. The number of carboxylic acids is 1. The van der Waals surface area contributed by atoms with Gasteiger partial charge in [-0.25, -0.2) is 9.78 Å². The van der Waals surface area contributed by atoms with E-state index < -0.39 is 17.5 Å². The standard InChI is InChI=1S/C27H33N3O5/c1-16-7-9-21(10-8-16)25-29-22(19(4)34-25)14-30(15-23(28)31)13-20-11-17(2)24(18(3)12-20)35-27(5,6)26(32)33/h7-12H,13-15H2,1-6H3,(H2,28,31)(H,32,33). The van der Waals surface area contributed by atoms with Gasteiger partial charge in [-0.15, -0.1) is 0 Å². The van der Waals surface area contributed by atoms with E-state index in [0.717, 1.165) is 33.5 Å². The monoisotopic (exact) mass is 479 g/mol. The average Bonchev–Trinajstić information content (AvgIpc) is 3.11. The first-order valence-electron chi connectivity index (χ1n) is 11.4. The number of ether oxygens (including phenoxy) is 1. The maximum Gasteiger partial charge on any atom is 0.347 e. The summed E-state index contributed by atoms with van der Waals surface area (Å²) in [5.41, 5.74) is 9.52. The van der Waals surface area contributed by atoms with Crippen molar-refractivity contribution in [2.45, 2.75) is 60.2 Å². The fourth-order valence-corrected chi connectivity index (χ4v) is 3.84. The number of aromatic nitrogens is 1. The zero-order valence-electron chi connectivity index (χ0n) is 21.1. The van der Waals surface area contributed by atoms with Gasteiger partial charge in [-0.2, -0.15) is 0 Å². The number of nitrogens with zero attached hydrogens (tertiary/aromatic N) is 2. The fourth-order valence-electron chi connectivity index (χ4n) is 3.84. The second-order valence-corrected chi connectivity index (χ2v) is 9.48. The number of primary amides is 1. The van der Waals surface area contributed by atoms with Crippen molar-refractivity contribution in [3.8, 4) is 17.2 Å². The van der Waals surface area contributed by atoms with Crippen molar-refractivity contribution in [3.05, 3.63) is 70.1 Å². The quantitative estimate of drug-likeness (QED) is 0.445. The molecule has 2 aromatic carbocycles. The summed E-state index contributed by atoms with van der Waals surface area (Å²) >= 11 is 0.